The van der Waals surface area contributed by atoms with E-state index in [-0.39, 0.29) is 23.5 Å². The van der Waals surface area contributed by atoms with E-state index < -0.39 is 4.92 Å². The van der Waals surface area contributed by atoms with Crippen LogP contribution in [-0.2, 0) is 9.53 Å². The number of hydrogen-bond donors (Lipinski definition) is 1. The van der Waals surface area contributed by atoms with E-state index in [1.54, 1.807) is 24.3 Å². The molecule has 0 aliphatic carbocycles. The van der Waals surface area contributed by atoms with Crippen molar-refractivity contribution >= 4 is 23.4 Å². The van der Waals surface area contributed by atoms with Crippen LogP contribution in [0.15, 0.2) is 41.4 Å². The minimum absolute atomic E-state index is 0.00525. The van der Waals surface area contributed by atoms with E-state index >= 15 is 0 Å². The summed E-state index contributed by atoms with van der Waals surface area (Å²) < 4.78 is 5.46. The van der Waals surface area contributed by atoms with Gasteiger partial charge in [0.05, 0.1) is 22.5 Å². The van der Waals surface area contributed by atoms with Crippen molar-refractivity contribution in [1.29, 1.82) is 0 Å². The first-order valence-corrected chi connectivity index (χ1v) is 9.20. The summed E-state index contributed by atoms with van der Waals surface area (Å²) >= 11 is 1.29. The Kier molecular flexibility index (Phi) is 6.13. The molecule has 1 aliphatic heterocycles. The van der Waals surface area contributed by atoms with E-state index in [9.17, 15) is 14.9 Å². The molecule has 1 aliphatic rings. The number of aromatic nitrogens is 2. The predicted molar refractivity (Wildman–Crippen MR) is 96.8 cm³/mol. The fourth-order valence-corrected chi connectivity index (χ4v) is 3.20. The van der Waals surface area contributed by atoms with E-state index in [2.05, 4.69) is 15.5 Å². The zero-order valence-corrected chi connectivity index (χ0v) is 14.8. The van der Waals surface area contributed by atoms with Crippen molar-refractivity contribution in [2.45, 2.75) is 24.0 Å². The topological polar surface area (TPSA) is 107 Å². The number of carbonyl (C=O) groups excluding carboxylic acids is 1. The number of hydrogen-bond acceptors (Lipinski definition) is 7. The average molecular weight is 374 g/mol. The summed E-state index contributed by atoms with van der Waals surface area (Å²) in [5.74, 6) is 0.174. The van der Waals surface area contributed by atoms with Crippen LogP contribution in [0.5, 0.6) is 0 Å². The zero-order chi connectivity index (χ0) is 18.4. The number of nitro groups is 1. The van der Waals surface area contributed by atoms with Gasteiger partial charge in [0.2, 0.25) is 5.91 Å². The summed E-state index contributed by atoms with van der Waals surface area (Å²) in [5.41, 5.74) is 1.17. The third kappa shape index (κ3) is 4.99. The van der Waals surface area contributed by atoms with Gasteiger partial charge in [0, 0.05) is 30.8 Å². The number of carbonyl (C=O) groups is 1. The van der Waals surface area contributed by atoms with Crippen LogP contribution >= 0.6 is 11.8 Å². The lowest BCUT2D eigenvalue weighted by atomic mass is 10.1. The zero-order valence-electron chi connectivity index (χ0n) is 14.0. The van der Waals surface area contributed by atoms with Crippen molar-refractivity contribution in [1.82, 2.24) is 15.5 Å². The lowest BCUT2D eigenvalue weighted by Gasteiger charge is -2.10. The summed E-state index contributed by atoms with van der Waals surface area (Å²) in [7, 11) is 0. The Morgan fingerprint density at radius 1 is 1.35 bits per heavy atom. The third-order valence-corrected chi connectivity index (χ3v) is 4.81. The molecule has 1 atom stereocenters. The first-order chi connectivity index (χ1) is 12.6. The molecule has 1 N–H and O–H groups in total. The number of amides is 1. The van der Waals surface area contributed by atoms with Gasteiger partial charge in [0.25, 0.3) is 5.69 Å². The molecule has 1 fully saturated rings. The highest BCUT2D eigenvalue weighted by atomic mass is 32.2. The molecule has 0 saturated carbocycles. The molecule has 9 heteroatoms. The normalized spacial score (nSPS) is 16.4. The summed E-state index contributed by atoms with van der Waals surface area (Å²) in [4.78, 5) is 22.3. The number of nitrogens with one attached hydrogen (secondary N) is 1. The number of non-ortho nitro benzene ring substituents is 1. The highest BCUT2D eigenvalue weighted by Gasteiger charge is 2.16. The Labute approximate surface area is 154 Å². The number of benzene rings is 1. The lowest BCUT2D eigenvalue weighted by molar-refractivity contribution is -0.384. The molecule has 3 rings (SSSR count). The quantitative estimate of drug-likeness (QED) is 0.450. The number of ether oxygens (including phenoxy) is 1. The molecule has 2 aromatic rings. The Hall–Kier alpha value is -2.52. The highest BCUT2D eigenvalue weighted by molar-refractivity contribution is 7.99. The molecule has 1 unspecified atom stereocenters. The van der Waals surface area contributed by atoms with Gasteiger partial charge < -0.3 is 10.1 Å². The van der Waals surface area contributed by atoms with Crippen molar-refractivity contribution in [3.05, 3.63) is 46.5 Å². The average Bonchev–Trinajstić information content (AvgIpc) is 3.19. The van der Waals surface area contributed by atoms with Gasteiger partial charge in [0.15, 0.2) is 0 Å². The Morgan fingerprint density at radius 2 is 2.23 bits per heavy atom. The molecule has 1 aromatic heterocycles. The van der Waals surface area contributed by atoms with Gasteiger partial charge in [-0.3, -0.25) is 14.9 Å². The van der Waals surface area contributed by atoms with Gasteiger partial charge in [-0.05, 0) is 25.0 Å². The fraction of sp³-hybridized carbons (Fsp3) is 0.353. The molecule has 1 saturated heterocycles. The minimum atomic E-state index is -0.448. The van der Waals surface area contributed by atoms with Crippen LogP contribution in [0.1, 0.15) is 12.8 Å². The molecule has 1 aromatic carbocycles. The van der Waals surface area contributed by atoms with Gasteiger partial charge in [-0.15, -0.1) is 10.2 Å². The third-order valence-electron chi connectivity index (χ3n) is 3.89. The number of rotatable bonds is 7. The molecular formula is C17H18N4O4S. The second kappa shape index (κ2) is 8.72. The molecule has 0 radical (unpaired) electrons. The van der Waals surface area contributed by atoms with Crippen LogP contribution in [0.3, 0.4) is 0 Å². The minimum Gasteiger partial charge on any atom is -0.376 e. The maximum atomic E-state index is 11.9. The summed E-state index contributed by atoms with van der Waals surface area (Å²) in [6.45, 7) is 1.30. The summed E-state index contributed by atoms with van der Waals surface area (Å²) in [6.07, 6.45) is 2.15. The van der Waals surface area contributed by atoms with Crippen molar-refractivity contribution in [2.75, 3.05) is 18.9 Å². The molecule has 2 heterocycles. The maximum absolute atomic E-state index is 11.9. The number of thioether (sulfide) groups is 1. The molecule has 26 heavy (non-hydrogen) atoms. The molecule has 0 bridgehead atoms. The second-order valence-electron chi connectivity index (χ2n) is 5.79. The first kappa shape index (κ1) is 18.3. The summed E-state index contributed by atoms with van der Waals surface area (Å²) in [6, 6.07) is 9.71. The Bertz CT molecular complexity index is 779. The molecular weight excluding hydrogens is 356 g/mol. The Balaban J connectivity index is 1.52. The SMILES string of the molecule is O=C(CSc1ccc(-c2cccc([N+](=O)[O-])c2)nn1)NCC1CCCO1. The molecule has 1 amide bonds. The van der Waals surface area contributed by atoms with Crippen LogP contribution in [0.2, 0.25) is 0 Å². The van der Waals surface area contributed by atoms with Gasteiger partial charge >= 0.3 is 0 Å². The van der Waals surface area contributed by atoms with Crippen LogP contribution in [0.25, 0.3) is 11.3 Å². The molecule has 8 nitrogen and oxygen atoms in total. The molecule has 0 spiro atoms. The highest BCUT2D eigenvalue weighted by Crippen LogP contribution is 2.23. The van der Waals surface area contributed by atoms with Crippen molar-refractivity contribution in [2.24, 2.45) is 0 Å². The van der Waals surface area contributed by atoms with E-state index in [4.69, 9.17) is 4.74 Å². The van der Waals surface area contributed by atoms with Crippen molar-refractivity contribution in [3.63, 3.8) is 0 Å². The van der Waals surface area contributed by atoms with Gasteiger partial charge in [-0.25, -0.2) is 0 Å². The predicted octanol–water partition coefficient (Wildman–Crippen LogP) is 2.44. The van der Waals surface area contributed by atoms with Gasteiger partial charge in [0.1, 0.15) is 5.03 Å². The van der Waals surface area contributed by atoms with Gasteiger partial charge in [-0.2, -0.15) is 0 Å². The maximum Gasteiger partial charge on any atom is 0.270 e. The van der Waals surface area contributed by atoms with Crippen molar-refractivity contribution in [3.8, 4) is 11.3 Å². The van der Waals surface area contributed by atoms with E-state index in [0.29, 0.717) is 22.8 Å². The largest absolute Gasteiger partial charge is 0.376 e. The van der Waals surface area contributed by atoms with Crippen LogP contribution < -0.4 is 5.32 Å². The fourth-order valence-electron chi connectivity index (χ4n) is 2.55. The van der Waals surface area contributed by atoms with E-state index in [1.807, 2.05) is 0 Å². The molecule has 136 valence electrons. The standard InChI is InChI=1S/C17H18N4O4S/c22-16(18-10-14-5-2-8-25-14)11-26-17-7-6-15(19-20-17)12-3-1-4-13(9-12)21(23)24/h1,3-4,6-7,9,14H,2,5,8,10-11H2,(H,18,22). The summed E-state index contributed by atoms with van der Waals surface area (Å²) in [5, 5.41) is 22.5. The Morgan fingerprint density at radius 3 is 2.92 bits per heavy atom. The van der Waals surface area contributed by atoms with E-state index in [0.717, 1.165) is 19.4 Å². The van der Waals surface area contributed by atoms with Crippen LogP contribution in [-0.4, -0.2) is 46.0 Å². The van der Waals surface area contributed by atoms with Crippen LogP contribution in [0.4, 0.5) is 5.69 Å². The van der Waals surface area contributed by atoms with Crippen LogP contribution in [0, 0.1) is 10.1 Å². The first-order valence-electron chi connectivity index (χ1n) is 8.21. The lowest BCUT2D eigenvalue weighted by Crippen LogP contribution is -2.32. The number of nitro benzene ring substituents is 1. The monoisotopic (exact) mass is 374 g/mol. The smallest absolute Gasteiger partial charge is 0.270 e. The second-order valence-corrected chi connectivity index (χ2v) is 6.79. The van der Waals surface area contributed by atoms with Crippen molar-refractivity contribution < 1.29 is 14.5 Å². The van der Waals surface area contributed by atoms with Gasteiger partial charge in [-0.1, -0.05) is 23.9 Å². The number of nitrogens with zero attached hydrogens (tertiary/aromatic N) is 3. The van der Waals surface area contributed by atoms with E-state index in [1.165, 1.54) is 23.9 Å².